The molecule has 0 aliphatic rings. The second-order valence-electron chi connectivity index (χ2n) is 2.82. The first-order valence-corrected chi connectivity index (χ1v) is 4.04. The third-order valence-electron chi connectivity index (χ3n) is 1.75. The first-order valence-electron chi connectivity index (χ1n) is 4.04. The van der Waals surface area contributed by atoms with Gasteiger partial charge in [-0.3, -0.25) is 4.79 Å². The van der Waals surface area contributed by atoms with Gasteiger partial charge in [0.05, 0.1) is 5.69 Å². The Morgan fingerprint density at radius 3 is 2.50 bits per heavy atom. The van der Waals surface area contributed by atoms with Gasteiger partial charge in [-0.25, -0.2) is 8.78 Å². The van der Waals surface area contributed by atoms with Crippen LogP contribution in [0.3, 0.4) is 0 Å². The molecule has 4 N–H and O–H groups in total. The maximum Gasteiger partial charge on any atom is 0.181 e. The van der Waals surface area contributed by atoms with Crippen molar-refractivity contribution >= 4 is 11.5 Å². The SMILES string of the molecule is NCCC(=O)c1cc(N)c(F)c(F)c1. The molecule has 0 spiro atoms. The minimum absolute atomic E-state index is 0.0480. The summed E-state index contributed by atoms with van der Waals surface area (Å²) in [7, 11) is 0. The van der Waals surface area contributed by atoms with E-state index in [1.165, 1.54) is 0 Å². The molecule has 0 saturated carbocycles. The third kappa shape index (κ3) is 2.05. The molecule has 0 bridgehead atoms. The van der Waals surface area contributed by atoms with Gasteiger partial charge in [0, 0.05) is 12.0 Å². The van der Waals surface area contributed by atoms with Crippen molar-refractivity contribution in [3.63, 3.8) is 0 Å². The van der Waals surface area contributed by atoms with Gasteiger partial charge in [0.1, 0.15) is 0 Å². The van der Waals surface area contributed by atoms with Crippen LogP contribution in [0.4, 0.5) is 14.5 Å². The summed E-state index contributed by atoms with van der Waals surface area (Å²) in [5.74, 6) is -2.60. The largest absolute Gasteiger partial charge is 0.396 e. The Balaban J connectivity index is 3.06. The van der Waals surface area contributed by atoms with E-state index in [4.69, 9.17) is 11.5 Å². The van der Waals surface area contributed by atoms with Crippen LogP contribution in [0, 0.1) is 11.6 Å². The van der Waals surface area contributed by atoms with Crippen molar-refractivity contribution in [1.82, 2.24) is 0 Å². The normalized spacial score (nSPS) is 10.2. The molecule has 0 atom stereocenters. The molecule has 1 rings (SSSR count). The molecule has 0 aliphatic carbocycles. The van der Waals surface area contributed by atoms with Crippen molar-refractivity contribution in [2.24, 2.45) is 5.73 Å². The Morgan fingerprint density at radius 2 is 2.00 bits per heavy atom. The summed E-state index contributed by atoms with van der Waals surface area (Å²) in [6.07, 6.45) is 0.0878. The van der Waals surface area contributed by atoms with Crippen LogP contribution in [0.15, 0.2) is 12.1 Å². The fourth-order valence-electron chi connectivity index (χ4n) is 1.05. The van der Waals surface area contributed by atoms with Crippen molar-refractivity contribution in [1.29, 1.82) is 0 Å². The number of Topliss-reactive ketones (excluding diaryl/α,β-unsaturated/α-hetero) is 1. The Bertz CT molecular complexity index is 343. The molecule has 0 radical (unpaired) electrons. The zero-order valence-corrected chi connectivity index (χ0v) is 7.39. The van der Waals surface area contributed by atoms with Gasteiger partial charge in [0.2, 0.25) is 0 Å². The van der Waals surface area contributed by atoms with Crippen LogP contribution >= 0.6 is 0 Å². The summed E-state index contributed by atoms with van der Waals surface area (Å²) in [5.41, 5.74) is 9.99. The quantitative estimate of drug-likeness (QED) is 0.566. The average Bonchev–Trinajstić information content (AvgIpc) is 2.13. The molecule has 0 fully saturated rings. The lowest BCUT2D eigenvalue weighted by Crippen LogP contribution is -2.09. The maximum atomic E-state index is 12.8. The van der Waals surface area contributed by atoms with E-state index in [-0.39, 0.29) is 30.0 Å². The van der Waals surface area contributed by atoms with Crippen LogP contribution < -0.4 is 11.5 Å². The number of carbonyl (C=O) groups is 1. The van der Waals surface area contributed by atoms with Crippen molar-refractivity contribution in [2.75, 3.05) is 12.3 Å². The van der Waals surface area contributed by atoms with Crippen LogP contribution in [0.1, 0.15) is 16.8 Å². The van der Waals surface area contributed by atoms with Gasteiger partial charge in [0.15, 0.2) is 17.4 Å². The summed E-state index contributed by atoms with van der Waals surface area (Å²) in [6, 6.07) is 1.93. The topological polar surface area (TPSA) is 69.1 Å². The molecule has 1 aromatic rings. The monoisotopic (exact) mass is 200 g/mol. The number of anilines is 1. The molecule has 0 aliphatic heterocycles. The molecule has 14 heavy (non-hydrogen) atoms. The minimum atomic E-state index is -1.13. The summed E-state index contributed by atoms with van der Waals surface area (Å²) in [4.78, 5) is 11.2. The van der Waals surface area contributed by atoms with Crippen molar-refractivity contribution in [3.8, 4) is 0 Å². The maximum absolute atomic E-state index is 12.8. The molecular formula is C9H10F2N2O. The van der Waals surface area contributed by atoms with Crippen LogP contribution in [0.25, 0.3) is 0 Å². The van der Waals surface area contributed by atoms with Crippen molar-refractivity contribution in [3.05, 3.63) is 29.3 Å². The van der Waals surface area contributed by atoms with E-state index in [1.807, 2.05) is 0 Å². The predicted molar refractivity (Wildman–Crippen MR) is 48.8 cm³/mol. The van der Waals surface area contributed by atoms with Crippen LogP contribution in [0.2, 0.25) is 0 Å². The highest BCUT2D eigenvalue weighted by Gasteiger charge is 2.12. The zero-order chi connectivity index (χ0) is 10.7. The minimum Gasteiger partial charge on any atom is -0.396 e. The second kappa shape index (κ2) is 4.15. The highest BCUT2D eigenvalue weighted by atomic mass is 19.2. The standard InChI is InChI=1S/C9H10F2N2O/c10-6-3-5(8(14)1-2-12)4-7(13)9(6)11/h3-4H,1-2,12-13H2. The first-order chi connectivity index (χ1) is 6.56. The molecule has 0 saturated heterocycles. The number of rotatable bonds is 3. The molecule has 0 unspecified atom stereocenters. The number of carbonyl (C=O) groups excluding carboxylic acids is 1. The summed E-state index contributed by atoms with van der Waals surface area (Å²) in [5, 5.41) is 0. The summed E-state index contributed by atoms with van der Waals surface area (Å²) in [6.45, 7) is 0.164. The molecule has 0 heterocycles. The van der Waals surface area contributed by atoms with E-state index in [9.17, 15) is 13.6 Å². The van der Waals surface area contributed by atoms with Gasteiger partial charge in [0.25, 0.3) is 0 Å². The molecule has 0 aromatic heterocycles. The number of benzene rings is 1. The summed E-state index contributed by atoms with van der Waals surface area (Å²) < 4.78 is 25.5. The number of halogens is 2. The molecule has 3 nitrogen and oxygen atoms in total. The molecule has 5 heteroatoms. The molecular weight excluding hydrogens is 190 g/mol. The lowest BCUT2D eigenvalue weighted by Gasteiger charge is -2.02. The van der Waals surface area contributed by atoms with E-state index in [0.29, 0.717) is 0 Å². The van der Waals surface area contributed by atoms with E-state index in [0.717, 1.165) is 12.1 Å². The predicted octanol–water partition coefficient (Wildman–Crippen LogP) is 1.08. The van der Waals surface area contributed by atoms with Crippen LogP contribution in [0.5, 0.6) is 0 Å². The molecule has 1 aromatic carbocycles. The summed E-state index contributed by atoms with van der Waals surface area (Å²) >= 11 is 0. The average molecular weight is 200 g/mol. The van der Waals surface area contributed by atoms with Gasteiger partial charge in [-0.2, -0.15) is 0 Å². The van der Waals surface area contributed by atoms with E-state index in [2.05, 4.69) is 0 Å². The van der Waals surface area contributed by atoms with Gasteiger partial charge in [-0.1, -0.05) is 0 Å². The van der Waals surface area contributed by atoms with Gasteiger partial charge in [-0.05, 0) is 18.7 Å². The number of ketones is 1. The second-order valence-corrected chi connectivity index (χ2v) is 2.82. The Morgan fingerprint density at radius 1 is 1.36 bits per heavy atom. The van der Waals surface area contributed by atoms with Crippen molar-refractivity contribution < 1.29 is 13.6 Å². The molecule has 0 amide bonds. The molecule has 76 valence electrons. The fraction of sp³-hybridized carbons (Fsp3) is 0.222. The number of hydrogen-bond donors (Lipinski definition) is 2. The van der Waals surface area contributed by atoms with Crippen LogP contribution in [-0.4, -0.2) is 12.3 Å². The Kier molecular flexibility index (Phi) is 3.14. The highest BCUT2D eigenvalue weighted by molar-refractivity contribution is 5.96. The smallest absolute Gasteiger partial charge is 0.181 e. The zero-order valence-electron chi connectivity index (χ0n) is 7.39. The highest BCUT2D eigenvalue weighted by Crippen LogP contribution is 2.17. The Labute approximate surface area is 79.7 Å². The first kappa shape index (κ1) is 10.6. The van der Waals surface area contributed by atoms with E-state index < -0.39 is 11.6 Å². The lowest BCUT2D eigenvalue weighted by atomic mass is 10.1. The number of nitrogens with two attached hydrogens (primary N) is 2. The number of hydrogen-bond acceptors (Lipinski definition) is 3. The number of nitrogen functional groups attached to an aromatic ring is 1. The van der Waals surface area contributed by atoms with Gasteiger partial charge < -0.3 is 11.5 Å². The van der Waals surface area contributed by atoms with Crippen molar-refractivity contribution in [2.45, 2.75) is 6.42 Å². The van der Waals surface area contributed by atoms with Gasteiger partial charge >= 0.3 is 0 Å². The third-order valence-corrected chi connectivity index (χ3v) is 1.75. The van der Waals surface area contributed by atoms with Crippen LogP contribution in [-0.2, 0) is 0 Å². The Hall–Kier alpha value is -1.49. The van der Waals surface area contributed by atoms with E-state index >= 15 is 0 Å². The van der Waals surface area contributed by atoms with E-state index in [1.54, 1.807) is 0 Å². The fourth-order valence-corrected chi connectivity index (χ4v) is 1.05. The lowest BCUT2D eigenvalue weighted by molar-refractivity contribution is 0.0985. The van der Waals surface area contributed by atoms with Gasteiger partial charge in [-0.15, -0.1) is 0 Å².